The summed E-state index contributed by atoms with van der Waals surface area (Å²) in [4.78, 5) is 19.1. The van der Waals surface area contributed by atoms with Gasteiger partial charge in [-0.25, -0.2) is 0 Å². The number of carbonyl (C=O) groups excluding carboxylic acids is 1. The van der Waals surface area contributed by atoms with Gasteiger partial charge in [0.05, 0.1) is 6.61 Å². The number of para-hydroxylation sites is 4. The molecule has 7 aromatic rings. The Balaban J connectivity index is 0.000000140. The predicted octanol–water partition coefficient (Wildman–Crippen LogP) is 11.5. The Hall–Kier alpha value is -7.08. The molecule has 6 nitrogen and oxygen atoms in total. The largest absolute Gasteiger partial charge is 0.392 e. The van der Waals surface area contributed by atoms with Crippen LogP contribution in [0.25, 0.3) is 0 Å². The van der Waals surface area contributed by atoms with E-state index in [9.17, 15) is 4.79 Å². The Kier molecular flexibility index (Phi) is 16.6. The molecule has 0 amide bonds. The minimum Gasteiger partial charge on any atom is -0.392 e. The number of anilines is 4. The molecular weight excluding hydrogens is 899 g/mol. The van der Waals surface area contributed by atoms with Crippen molar-refractivity contribution in [1.82, 2.24) is 0 Å². The summed E-state index contributed by atoms with van der Waals surface area (Å²) in [6.07, 6.45) is 12.6. The lowest BCUT2D eigenvalue weighted by Crippen LogP contribution is -2.27. The van der Waals surface area contributed by atoms with Crippen LogP contribution >= 0.6 is 18.5 Å². The molecular formula is C62H62ClN4O2P. The first-order valence-electron chi connectivity index (χ1n) is 23.8. The first-order valence-corrected chi connectivity index (χ1v) is 26.2. The van der Waals surface area contributed by atoms with Crippen molar-refractivity contribution in [2.75, 3.05) is 60.3 Å². The number of benzene rings is 7. The van der Waals surface area contributed by atoms with Crippen LogP contribution in [0.5, 0.6) is 0 Å². The van der Waals surface area contributed by atoms with Crippen molar-refractivity contribution in [3.63, 3.8) is 0 Å². The molecule has 4 aliphatic rings. The quantitative estimate of drug-likeness (QED) is 0.0743. The highest BCUT2D eigenvalue weighted by atomic mass is 35.5. The van der Waals surface area contributed by atoms with E-state index in [0.717, 1.165) is 37.7 Å². The maximum Gasteiger partial charge on any atom is 0.144 e. The Bertz CT molecular complexity index is 2900. The van der Waals surface area contributed by atoms with Crippen LogP contribution in [0.3, 0.4) is 0 Å². The third-order valence-corrected chi connectivity index (χ3v) is 17.6. The van der Waals surface area contributed by atoms with Gasteiger partial charge in [-0.1, -0.05) is 170 Å². The van der Waals surface area contributed by atoms with E-state index in [0.29, 0.717) is 5.88 Å². The van der Waals surface area contributed by atoms with E-state index >= 15 is 0 Å². The van der Waals surface area contributed by atoms with Crippen molar-refractivity contribution in [3.8, 4) is 0 Å². The smallest absolute Gasteiger partial charge is 0.144 e. The Morgan fingerprint density at radius 3 is 1.06 bits per heavy atom. The van der Waals surface area contributed by atoms with Crippen LogP contribution in [0.1, 0.15) is 22.3 Å². The Labute approximate surface area is 420 Å². The Morgan fingerprint density at radius 2 is 0.729 bits per heavy atom. The molecule has 11 rings (SSSR count). The summed E-state index contributed by atoms with van der Waals surface area (Å²) in [6.45, 7) is -1.84. The second kappa shape index (κ2) is 23.5. The van der Waals surface area contributed by atoms with Crippen molar-refractivity contribution in [2.24, 2.45) is 0 Å². The fourth-order valence-corrected chi connectivity index (χ4v) is 13.7. The van der Waals surface area contributed by atoms with Gasteiger partial charge in [0.1, 0.15) is 6.29 Å². The van der Waals surface area contributed by atoms with Crippen LogP contribution in [0.15, 0.2) is 235 Å². The number of fused-ring (bicyclic) bond motifs is 4. The first kappa shape index (κ1) is 49.3. The summed E-state index contributed by atoms with van der Waals surface area (Å²) in [5.74, 6) is 3.10. The maximum absolute atomic E-state index is 10.4. The number of rotatable bonds is 7. The third-order valence-electron chi connectivity index (χ3n) is 13.5. The standard InChI is InChI=1S/C29H26NP.C11H12ClN.C11H13NO.C11H11NO/c1-30-25(23-24-13-11-12-20-29(24)30)21-22-31(26-14-5-2-6-15-26,27-16-7-3-8-17-27)28-18-9-4-10-19-28;1-13-10(6-7-12)8-9-4-2-3-5-11(9)13;2*1-12-10(6-7-13)8-9-4-2-3-5-11(9)12/h2-22H,23H2,1H3;2-6H,7-8H2,1H3;2-6,13H,7-8H2,1H3;2-7H,8H2,1H3/b25-21+;3*10-6+. The van der Waals surface area contributed by atoms with E-state index in [-0.39, 0.29) is 6.61 Å². The lowest BCUT2D eigenvalue weighted by Gasteiger charge is -2.28. The molecule has 70 heavy (non-hydrogen) atoms. The molecule has 0 saturated carbocycles. The van der Waals surface area contributed by atoms with Crippen LogP contribution in [0, 0.1) is 0 Å². The predicted molar refractivity (Wildman–Crippen MR) is 302 cm³/mol. The van der Waals surface area contributed by atoms with Crippen LogP contribution in [0.4, 0.5) is 22.7 Å². The zero-order valence-electron chi connectivity index (χ0n) is 40.6. The van der Waals surface area contributed by atoms with Crippen molar-refractivity contribution < 1.29 is 9.90 Å². The van der Waals surface area contributed by atoms with Gasteiger partial charge in [0.15, 0.2) is 0 Å². The molecule has 0 radical (unpaired) electrons. The summed E-state index contributed by atoms with van der Waals surface area (Å²) >= 11 is 5.69. The SMILES string of the molecule is CN1/C(=C/C=O)Cc2ccccc21.CN1/C(=C/C=P(c2ccccc2)(c2ccccc2)c2ccccc2)Cc2ccccc21.CN1/C(=C/CCl)Cc2ccccc21.CN1/C(=C/CO)Cc2ccccc21. The number of hydrogen-bond donors (Lipinski definition) is 1. The normalized spacial score (nSPS) is 16.4. The average molecular weight is 962 g/mol. The molecule has 0 bridgehead atoms. The van der Waals surface area contributed by atoms with Gasteiger partial charge in [0.2, 0.25) is 0 Å². The second-order valence-electron chi connectivity index (χ2n) is 17.5. The van der Waals surface area contributed by atoms with Gasteiger partial charge in [-0.3, -0.25) is 4.79 Å². The van der Waals surface area contributed by atoms with Gasteiger partial charge in [-0.05, 0) is 93.6 Å². The van der Waals surface area contributed by atoms with Crippen molar-refractivity contribution in [2.45, 2.75) is 25.7 Å². The van der Waals surface area contributed by atoms with Crippen LogP contribution in [-0.4, -0.2) is 57.9 Å². The van der Waals surface area contributed by atoms with E-state index in [1.807, 2.05) is 38.4 Å². The number of halogens is 1. The monoisotopic (exact) mass is 960 g/mol. The molecule has 0 fully saturated rings. The van der Waals surface area contributed by atoms with E-state index < -0.39 is 6.89 Å². The molecule has 354 valence electrons. The third kappa shape index (κ3) is 10.9. The number of likely N-dealkylation sites (N-methyl/N-ethyl adjacent to an activating group) is 4. The second-order valence-corrected chi connectivity index (χ2v) is 21.1. The number of aliphatic hydroxyl groups is 1. The number of aliphatic hydroxyl groups excluding tert-OH is 1. The van der Waals surface area contributed by atoms with Crippen LogP contribution in [-0.2, 0) is 30.5 Å². The van der Waals surface area contributed by atoms with Crippen LogP contribution < -0.4 is 35.5 Å². The van der Waals surface area contributed by atoms with Crippen LogP contribution in [0.2, 0.25) is 0 Å². The number of alkyl halides is 1. The highest BCUT2D eigenvalue weighted by Gasteiger charge is 2.26. The molecule has 4 heterocycles. The van der Waals surface area contributed by atoms with Crippen molar-refractivity contribution >= 4 is 69.2 Å². The average Bonchev–Trinajstić information content (AvgIpc) is 4.12. The minimum absolute atomic E-state index is 0.119. The van der Waals surface area contributed by atoms with Gasteiger partial charge in [-0.15, -0.1) is 11.6 Å². The minimum atomic E-state index is -1.96. The molecule has 0 aromatic heterocycles. The molecule has 0 spiro atoms. The zero-order valence-corrected chi connectivity index (χ0v) is 42.2. The summed E-state index contributed by atoms with van der Waals surface area (Å²) in [5, 5.41) is 13.0. The number of allylic oxidation sites excluding steroid dienone is 7. The molecule has 8 heteroatoms. The van der Waals surface area contributed by atoms with Gasteiger partial charge in [0.25, 0.3) is 0 Å². The molecule has 0 saturated heterocycles. The summed E-state index contributed by atoms with van der Waals surface area (Å²) < 4.78 is 0. The molecule has 4 aliphatic heterocycles. The highest BCUT2D eigenvalue weighted by Crippen LogP contribution is 2.44. The summed E-state index contributed by atoms with van der Waals surface area (Å²) in [7, 11) is 8.29. The van der Waals surface area contributed by atoms with E-state index in [1.54, 1.807) is 6.08 Å². The number of nitrogens with zero attached hydrogens (tertiary/aromatic N) is 4. The summed E-state index contributed by atoms with van der Waals surface area (Å²) in [6, 6.07) is 66.7. The number of aldehydes is 1. The molecule has 1 N–H and O–H groups in total. The molecule has 7 aromatic carbocycles. The maximum atomic E-state index is 10.4. The van der Waals surface area contributed by atoms with E-state index in [4.69, 9.17) is 16.7 Å². The van der Waals surface area contributed by atoms with Gasteiger partial charge < -0.3 is 24.7 Å². The van der Waals surface area contributed by atoms with Gasteiger partial charge in [0, 0.05) is 105 Å². The first-order chi connectivity index (χ1) is 34.3. The number of carbonyl (C=O) groups is 1. The molecule has 0 unspecified atom stereocenters. The van der Waals surface area contributed by atoms with Crippen molar-refractivity contribution in [1.29, 1.82) is 0 Å². The molecule has 0 aliphatic carbocycles. The highest BCUT2D eigenvalue weighted by molar-refractivity contribution is 7.94. The number of hydrogen-bond acceptors (Lipinski definition) is 6. The van der Waals surface area contributed by atoms with Gasteiger partial charge >= 0.3 is 0 Å². The lowest BCUT2D eigenvalue weighted by atomic mass is 10.1. The summed E-state index contributed by atoms with van der Waals surface area (Å²) in [5.41, 5.74) is 15.4. The fourth-order valence-electron chi connectivity index (χ4n) is 9.75. The zero-order chi connectivity index (χ0) is 48.9. The van der Waals surface area contributed by atoms with E-state index in [1.165, 1.54) is 78.0 Å². The van der Waals surface area contributed by atoms with E-state index in [2.05, 4.69) is 222 Å². The van der Waals surface area contributed by atoms with Crippen molar-refractivity contribution in [3.05, 3.63) is 257 Å². The fraction of sp³-hybridized carbons (Fsp3) is 0.161. The topological polar surface area (TPSA) is 50.3 Å². The van der Waals surface area contributed by atoms with Gasteiger partial charge in [-0.2, -0.15) is 0 Å². The molecule has 0 atom stereocenters. The Morgan fingerprint density at radius 1 is 0.429 bits per heavy atom. The lowest BCUT2D eigenvalue weighted by molar-refractivity contribution is -0.104.